The Balaban J connectivity index is 2.01. The molecule has 1 aromatic carbocycles. The van der Waals surface area contributed by atoms with E-state index >= 15 is 0 Å². The van der Waals surface area contributed by atoms with Crippen LogP contribution in [0.1, 0.15) is 0 Å². The van der Waals surface area contributed by atoms with Crippen molar-refractivity contribution < 1.29 is 8.78 Å². The van der Waals surface area contributed by atoms with E-state index < -0.39 is 5.76 Å². The molecule has 0 atom stereocenters. The lowest BCUT2D eigenvalue weighted by molar-refractivity contribution is 0.252. The highest BCUT2D eigenvalue weighted by Gasteiger charge is 2.13. The predicted molar refractivity (Wildman–Crippen MR) is 77.7 cm³/mol. The lowest BCUT2D eigenvalue weighted by atomic mass is 10.3. The molecule has 0 aliphatic heterocycles. The van der Waals surface area contributed by atoms with Crippen LogP contribution < -0.4 is 11.1 Å². The Morgan fingerprint density at radius 3 is 2.86 bits per heavy atom. The number of rotatable bonds is 4. The summed E-state index contributed by atoms with van der Waals surface area (Å²) in [6, 6.07) is 6.73. The van der Waals surface area contributed by atoms with Gasteiger partial charge in [-0.15, -0.1) is 0 Å². The Labute approximate surface area is 122 Å². The van der Waals surface area contributed by atoms with Crippen molar-refractivity contribution in [1.29, 1.82) is 0 Å². The van der Waals surface area contributed by atoms with Crippen LogP contribution in [0.2, 0.25) is 0 Å². The van der Waals surface area contributed by atoms with Gasteiger partial charge in [0.05, 0.1) is 17.3 Å². The highest BCUT2D eigenvalue weighted by molar-refractivity contribution is 7.99. The van der Waals surface area contributed by atoms with Gasteiger partial charge in [-0.25, -0.2) is 0 Å². The van der Waals surface area contributed by atoms with Gasteiger partial charge in [-0.1, -0.05) is 23.9 Å². The molecule has 0 aliphatic carbocycles. The molecule has 9 heteroatoms. The van der Waals surface area contributed by atoms with Crippen LogP contribution in [-0.4, -0.2) is 25.9 Å². The van der Waals surface area contributed by atoms with Crippen molar-refractivity contribution in [3.05, 3.63) is 30.5 Å². The summed E-state index contributed by atoms with van der Waals surface area (Å²) in [6.07, 6.45) is 1.54. The number of H-pyrrole nitrogens is 1. The number of thioether (sulfide) groups is 1. The Morgan fingerprint density at radius 1 is 1.24 bits per heavy atom. The molecule has 3 rings (SSSR count). The number of benzene rings is 1. The maximum absolute atomic E-state index is 12.6. The summed E-state index contributed by atoms with van der Waals surface area (Å²) in [6.45, 7) is 0. The zero-order valence-corrected chi connectivity index (χ0v) is 11.4. The summed E-state index contributed by atoms with van der Waals surface area (Å²) in [5.74, 6) is -2.03. The number of anilines is 3. The molecule has 4 N–H and O–H groups in total. The molecule has 2 aromatic heterocycles. The number of fused-ring (bicyclic) bond motifs is 1. The highest BCUT2D eigenvalue weighted by atomic mass is 32.2. The van der Waals surface area contributed by atoms with E-state index in [1.165, 1.54) is 0 Å². The fourth-order valence-electron chi connectivity index (χ4n) is 1.84. The van der Waals surface area contributed by atoms with Crippen molar-refractivity contribution in [3.63, 3.8) is 0 Å². The molecular weight excluding hydrogens is 298 g/mol. The number of nitrogen functional groups attached to an aromatic ring is 1. The van der Waals surface area contributed by atoms with Crippen LogP contribution in [0.3, 0.4) is 0 Å². The summed E-state index contributed by atoms with van der Waals surface area (Å²) in [7, 11) is 0. The van der Waals surface area contributed by atoms with E-state index in [0.717, 1.165) is 0 Å². The Morgan fingerprint density at radius 2 is 2.05 bits per heavy atom. The largest absolute Gasteiger partial charge is 0.368 e. The second kappa shape index (κ2) is 5.52. The summed E-state index contributed by atoms with van der Waals surface area (Å²) in [5.41, 5.74) is 6.61. The van der Waals surface area contributed by atoms with Crippen LogP contribution in [0.5, 0.6) is 0 Å². The van der Waals surface area contributed by atoms with E-state index in [1.54, 1.807) is 30.5 Å². The molecule has 0 aliphatic rings. The molecule has 0 fully saturated rings. The van der Waals surface area contributed by atoms with Gasteiger partial charge >= 0.3 is 0 Å². The maximum Gasteiger partial charge on any atom is 0.288 e. The molecule has 0 spiro atoms. The standard InChI is InChI=1S/C12H10F2N6S/c13-11(14)21-8-4-2-1-3-7(8)17-9-6-5-16-20-10(6)19-12(15)18-9/h1-5,11H,(H4,15,16,17,18,19,20). The number of hydrogen-bond acceptors (Lipinski definition) is 6. The number of halogens is 2. The van der Waals surface area contributed by atoms with Crippen molar-refractivity contribution >= 4 is 40.2 Å². The minimum Gasteiger partial charge on any atom is -0.368 e. The van der Waals surface area contributed by atoms with Crippen molar-refractivity contribution in [2.24, 2.45) is 0 Å². The third kappa shape index (κ3) is 2.87. The number of para-hydroxylation sites is 1. The van der Waals surface area contributed by atoms with E-state index in [1.807, 2.05) is 0 Å². The quantitative estimate of drug-likeness (QED) is 0.642. The van der Waals surface area contributed by atoms with Crippen molar-refractivity contribution in [2.75, 3.05) is 11.1 Å². The summed E-state index contributed by atoms with van der Waals surface area (Å²) < 4.78 is 25.2. The molecule has 0 radical (unpaired) electrons. The van der Waals surface area contributed by atoms with Gasteiger partial charge in [-0.05, 0) is 12.1 Å². The number of alkyl halides is 2. The van der Waals surface area contributed by atoms with E-state index in [-0.39, 0.29) is 5.95 Å². The molecule has 0 saturated heterocycles. The van der Waals surface area contributed by atoms with Crippen LogP contribution in [-0.2, 0) is 0 Å². The second-order valence-electron chi connectivity index (χ2n) is 4.06. The maximum atomic E-state index is 12.6. The zero-order valence-electron chi connectivity index (χ0n) is 10.5. The number of hydrogen-bond donors (Lipinski definition) is 3. The first kappa shape index (κ1) is 13.6. The Kier molecular flexibility index (Phi) is 3.57. The van der Waals surface area contributed by atoms with E-state index in [4.69, 9.17) is 5.73 Å². The second-order valence-corrected chi connectivity index (χ2v) is 5.09. The minimum absolute atomic E-state index is 0.0632. The lowest BCUT2D eigenvalue weighted by Crippen LogP contribution is -2.01. The van der Waals surface area contributed by atoms with Gasteiger partial charge in [0.2, 0.25) is 5.95 Å². The monoisotopic (exact) mass is 308 g/mol. The average molecular weight is 308 g/mol. The number of aromatic amines is 1. The Hall–Kier alpha value is -2.42. The predicted octanol–water partition coefficient (Wildman–Crippen LogP) is 2.99. The molecular formula is C12H10F2N6S. The smallest absolute Gasteiger partial charge is 0.288 e. The van der Waals surface area contributed by atoms with Crippen molar-refractivity contribution in [1.82, 2.24) is 20.2 Å². The average Bonchev–Trinajstić information content (AvgIpc) is 2.88. The number of aromatic nitrogens is 4. The molecule has 0 saturated carbocycles. The van der Waals surface area contributed by atoms with Gasteiger partial charge in [0.1, 0.15) is 5.82 Å². The first-order valence-corrected chi connectivity index (χ1v) is 6.79. The number of nitrogens with two attached hydrogens (primary N) is 1. The van der Waals surface area contributed by atoms with Gasteiger partial charge in [0.15, 0.2) is 5.65 Å². The van der Waals surface area contributed by atoms with Gasteiger partial charge in [-0.2, -0.15) is 23.8 Å². The first-order chi connectivity index (χ1) is 10.1. The Bertz CT molecular complexity index is 775. The molecule has 0 unspecified atom stereocenters. The lowest BCUT2D eigenvalue weighted by Gasteiger charge is -2.11. The van der Waals surface area contributed by atoms with Gasteiger partial charge in [0, 0.05) is 4.90 Å². The SMILES string of the molecule is Nc1nc(Nc2ccccc2SC(F)F)c2cn[nH]c2n1. The molecule has 3 aromatic rings. The molecule has 6 nitrogen and oxygen atoms in total. The van der Waals surface area contributed by atoms with Crippen LogP contribution in [0, 0.1) is 0 Å². The van der Waals surface area contributed by atoms with Gasteiger partial charge in [0.25, 0.3) is 5.76 Å². The number of nitrogens with one attached hydrogen (secondary N) is 2. The fourth-order valence-corrected chi connectivity index (χ4v) is 2.44. The van der Waals surface area contributed by atoms with Gasteiger partial charge < -0.3 is 11.1 Å². The normalized spacial score (nSPS) is 11.2. The zero-order chi connectivity index (χ0) is 14.8. The topological polar surface area (TPSA) is 92.5 Å². The van der Waals surface area contributed by atoms with E-state index in [0.29, 0.717) is 39.2 Å². The summed E-state index contributed by atoms with van der Waals surface area (Å²) >= 11 is 0.462. The van der Waals surface area contributed by atoms with Crippen LogP contribution in [0.4, 0.5) is 26.2 Å². The molecule has 2 heterocycles. The first-order valence-electron chi connectivity index (χ1n) is 5.91. The van der Waals surface area contributed by atoms with Crippen molar-refractivity contribution in [3.8, 4) is 0 Å². The molecule has 0 bridgehead atoms. The van der Waals surface area contributed by atoms with E-state index in [2.05, 4.69) is 25.5 Å². The van der Waals surface area contributed by atoms with Crippen LogP contribution in [0.15, 0.2) is 35.4 Å². The van der Waals surface area contributed by atoms with Crippen LogP contribution >= 0.6 is 11.8 Å². The fraction of sp³-hybridized carbons (Fsp3) is 0.0833. The highest BCUT2D eigenvalue weighted by Crippen LogP contribution is 2.34. The third-order valence-electron chi connectivity index (χ3n) is 2.68. The third-order valence-corrected chi connectivity index (χ3v) is 3.47. The summed E-state index contributed by atoms with van der Waals surface area (Å²) in [4.78, 5) is 8.50. The number of nitrogens with zero attached hydrogens (tertiary/aromatic N) is 3. The van der Waals surface area contributed by atoms with Crippen molar-refractivity contribution in [2.45, 2.75) is 10.7 Å². The minimum atomic E-state index is -2.50. The van der Waals surface area contributed by atoms with E-state index in [9.17, 15) is 8.78 Å². The van der Waals surface area contributed by atoms with Gasteiger partial charge in [-0.3, -0.25) is 5.10 Å². The molecule has 0 amide bonds. The molecule has 21 heavy (non-hydrogen) atoms. The van der Waals surface area contributed by atoms with Crippen LogP contribution in [0.25, 0.3) is 11.0 Å². The summed E-state index contributed by atoms with van der Waals surface area (Å²) in [5, 5.41) is 10.2. The molecule has 108 valence electrons.